The zero-order valence-electron chi connectivity index (χ0n) is 12.9. The topological polar surface area (TPSA) is 53.0 Å². The van der Waals surface area contributed by atoms with Gasteiger partial charge in [-0.3, -0.25) is 4.79 Å². The van der Waals surface area contributed by atoms with Crippen LogP contribution in [0.4, 0.5) is 5.69 Å². The highest BCUT2D eigenvalue weighted by molar-refractivity contribution is 5.77. The molecular formula is C17H24N2O3. The van der Waals surface area contributed by atoms with E-state index in [1.54, 1.807) is 6.07 Å². The first kappa shape index (κ1) is 15.2. The molecule has 22 heavy (non-hydrogen) atoms. The van der Waals surface area contributed by atoms with Crippen molar-refractivity contribution < 1.29 is 14.6 Å². The molecule has 2 aliphatic heterocycles. The Labute approximate surface area is 131 Å². The van der Waals surface area contributed by atoms with Crippen LogP contribution in [0.1, 0.15) is 19.3 Å². The fourth-order valence-electron chi connectivity index (χ4n) is 3.25. The largest absolute Gasteiger partial charge is 0.506 e. The molecule has 2 saturated heterocycles. The number of rotatable bonds is 3. The molecule has 1 N–H and O–H groups in total. The molecule has 0 spiro atoms. The number of anilines is 1. The molecule has 5 nitrogen and oxygen atoms in total. The summed E-state index contributed by atoms with van der Waals surface area (Å²) in [6.07, 6.45) is 2.66. The van der Waals surface area contributed by atoms with Gasteiger partial charge in [-0.15, -0.1) is 0 Å². The molecule has 120 valence electrons. The average molecular weight is 304 g/mol. The van der Waals surface area contributed by atoms with Crippen LogP contribution in [0.3, 0.4) is 0 Å². The number of nitrogens with zero attached hydrogens (tertiary/aromatic N) is 2. The second-order valence-corrected chi connectivity index (χ2v) is 6.12. The van der Waals surface area contributed by atoms with Gasteiger partial charge in [0.05, 0.1) is 5.69 Å². The maximum Gasteiger partial charge on any atom is 0.222 e. The van der Waals surface area contributed by atoms with Crippen molar-refractivity contribution in [1.29, 1.82) is 0 Å². The Morgan fingerprint density at radius 2 is 1.82 bits per heavy atom. The summed E-state index contributed by atoms with van der Waals surface area (Å²) in [5, 5.41) is 9.92. The van der Waals surface area contributed by atoms with Crippen LogP contribution < -0.4 is 4.90 Å². The van der Waals surface area contributed by atoms with Crippen molar-refractivity contribution in [3.63, 3.8) is 0 Å². The Morgan fingerprint density at radius 3 is 2.50 bits per heavy atom. The molecule has 0 unspecified atom stereocenters. The summed E-state index contributed by atoms with van der Waals surface area (Å²) < 4.78 is 5.35. The molecule has 5 heteroatoms. The van der Waals surface area contributed by atoms with Crippen LogP contribution in [-0.2, 0) is 9.53 Å². The number of phenols is 1. The molecule has 2 fully saturated rings. The summed E-state index contributed by atoms with van der Waals surface area (Å²) in [5.74, 6) is 1.06. The van der Waals surface area contributed by atoms with Gasteiger partial charge < -0.3 is 19.6 Å². The number of ether oxygens (including phenoxy) is 1. The number of amides is 1. The summed E-state index contributed by atoms with van der Waals surface area (Å²) in [7, 11) is 0. The van der Waals surface area contributed by atoms with Gasteiger partial charge in [0.25, 0.3) is 0 Å². The Bertz CT molecular complexity index is 506. The lowest BCUT2D eigenvalue weighted by Gasteiger charge is -2.37. The van der Waals surface area contributed by atoms with Gasteiger partial charge in [0.2, 0.25) is 5.91 Å². The van der Waals surface area contributed by atoms with Gasteiger partial charge >= 0.3 is 0 Å². The van der Waals surface area contributed by atoms with Crippen molar-refractivity contribution >= 4 is 11.6 Å². The average Bonchev–Trinajstić information content (AvgIpc) is 2.56. The summed E-state index contributed by atoms with van der Waals surface area (Å²) in [6.45, 7) is 4.60. The van der Waals surface area contributed by atoms with E-state index in [4.69, 9.17) is 4.74 Å². The molecule has 0 aliphatic carbocycles. The molecule has 0 saturated carbocycles. The van der Waals surface area contributed by atoms with Crippen molar-refractivity contribution in [2.75, 3.05) is 44.3 Å². The predicted octanol–water partition coefficient (Wildman–Crippen LogP) is 1.86. The number of hydrogen-bond donors (Lipinski definition) is 1. The number of benzene rings is 1. The molecule has 2 aliphatic rings. The number of aromatic hydroxyl groups is 1. The van der Waals surface area contributed by atoms with E-state index in [0.29, 0.717) is 18.1 Å². The monoisotopic (exact) mass is 304 g/mol. The SMILES string of the molecule is O=C(CC1CCOCC1)N1CCN(c2ccccc2O)CC1. The lowest BCUT2D eigenvalue weighted by atomic mass is 9.96. The highest BCUT2D eigenvalue weighted by Crippen LogP contribution is 2.27. The van der Waals surface area contributed by atoms with Gasteiger partial charge in [-0.05, 0) is 30.9 Å². The Morgan fingerprint density at radius 1 is 1.14 bits per heavy atom. The van der Waals surface area contributed by atoms with Crippen LogP contribution in [0.5, 0.6) is 5.75 Å². The maximum atomic E-state index is 12.4. The predicted molar refractivity (Wildman–Crippen MR) is 85.1 cm³/mol. The summed E-state index contributed by atoms with van der Waals surface area (Å²) in [5.41, 5.74) is 0.860. The quantitative estimate of drug-likeness (QED) is 0.926. The third-order valence-corrected chi connectivity index (χ3v) is 4.66. The zero-order valence-corrected chi connectivity index (χ0v) is 12.9. The third-order valence-electron chi connectivity index (χ3n) is 4.66. The highest BCUT2D eigenvalue weighted by atomic mass is 16.5. The van der Waals surface area contributed by atoms with E-state index in [2.05, 4.69) is 4.90 Å². The van der Waals surface area contributed by atoms with Crippen molar-refractivity contribution in [3.8, 4) is 5.75 Å². The second kappa shape index (κ2) is 7.01. The van der Waals surface area contributed by atoms with E-state index in [1.807, 2.05) is 23.1 Å². The van der Waals surface area contributed by atoms with Crippen LogP contribution in [0.2, 0.25) is 0 Å². The van der Waals surface area contributed by atoms with Crippen LogP contribution in [0.25, 0.3) is 0 Å². The minimum atomic E-state index is 0.267. The van der Waals surface area contributed by atoms with Gasteiger partial charge in [-0.25, -0.2) is 0 Å². The van der Waals surface area contributed by atoms with Crippen molar-refractivity contribution in [1.82, 2.24) is 4.90 Å². The van der Waals surface area contributed by atoms with Crippen molar-refractivity contribution in [2.45, 2.75) is 19.3 Å². The van der Waals surface area contributed by atoms with E-state index in [-0.39, 0.29) is 5.91 Å². The van der Waals surface area contributed by atoms with Gasteiger partial charge in [-0.1, -0.05) is 12.1 Å². The molecule has 1 aromatic carbocycles. The lowest BCUT2D eigenvalue weighted by molar-refractivity contribution is -0.133. The van der Waals surface area contributed by atoms with Crippen molar-refractivity contribution in [2.24, 2.45) is 5.92 Å². The van der Waals surface area contributed by atoms with E-state index < -0.39 is 0 Å². The van der Waals surface area contributed by atoms with E-state index in [9.17, 15) is 9.90 Å². The Balaban J connectivity index is 1.51. The third kappa shape index (κ3) is 3.53. The number of phenolic OH excluding ortho intramolecular Hbond substituents is 1. The Kier molecular flexibility index (Phi) is 4.83. The van der Waals surface area contributed by atoms with Gasteiger partial charge in [0.15, 0.2) is 0 Å². The number of hydrogen-bond acceptors (Lipinski definition) is 4. The molecule has 3 rings (SSSR count). The van der Waals surface area contributed by atoms with Crippen LogP contribution in [0, 0.1) is 5.92 Å². The lowest BCUT2D eigenvalue weighted by Crippen LogP contribution is -2.49. The number of carbonyl (C=O) groups excluding carboxylic acids is 1. The zero-order chi connectivity index (χ0) is 15.4. The summed E-state index contributed by atoms with van der Waals surface area (Å²) in [4.78, 5) is 16.5. The number of piperazine rings is 1. The van der Waals surface area contributed by atoms with Crippen LogP contribution in [0.15, 0.2) is 24.3 Å². The first-order valence-electron chi connectivity index (χ1n) is 8.12. The minimum absolute atomic E-state index is 0.267. The van der Waals surface area contributed by atoms with E-state index in [1.165, 1.54) is 0 Å². The summed E-state index contributed by atoms with van der Waals surface area (Å²) >= 11 is 0. The number of para-hydroxylation sites is 2. The first-order valence-corrected chi connectivity index (χ1v) is 8.12. The minimum Gasteiger partial charge on any atom is -0.506 e. The molecule has 1 aromatic rings. The smallest absolute Gasteiger partial charge is 0.222 e. The van der Waals surface area contributed by atoms with Crippen molar-refractivity contribution in [3.05, 3.63) is 24.3 Å². The van der Waals surface area contributed by atoms with E-state index >= 15 is 0 Å². The molecule has 0 aromatic heterocycles. The standard InChI is InChI=1S/C17H24N2O3/c20-16-4-2-1-3-15(16)18-7-9-19(10-8-18)17(21)13-14-5-11-22-12-6-14/h1-4,14,20H,5-13H2. The molecule has 1 amide bonds. The maximum absolute atomic E-state index is 12.4. The fraction of sp³-hybridized carbons (Fsp3) is 0.588. The first-order chi connectivity index (χ1) is 10.7. The molecule has 2 heterocycles. The Hall–Kier alpha value is -1.75. The summed E-state index contributed by atoms with van der Waals surface area (Å²) in [6, 6.07) is 7.39. The normalized spacial score (nSPS) is 20.2. The van der Waals surface area contributed by atoms with E-state index in [0.717, 1.165) is 57.9 Å². The molecular weight excluding hydrogens is 280 g/mol. The van der Waals surface area contributed by atoms with Gasteiger partial charge in [0, 0.05) is 45.8 Å². The molecule has 0 radical (unpaired) electrons. The van der Waals surface area contributed by atoms with Crippen LogP contribution >= 0.6 is 0 Å². The van der Waals surface area contributed by atoms with Gasteiger partial charge in [0.1, 0.15) is 5.75 Å². The van der Waals surface area contributed by atoms with Crippen LogP contribution in [-0.4, -0.2) is 55.3 Å². The molecule has 0 atom stereocenters. The molecule has 0 bridgehead atoms. The van der Waals surface area contributed by atoms with Gasteiger partial charge in [-0.2, -0.15) is 0 Å². The number of carbonyl (C=O) groups is 1. The highest BCUT2D eigenvalue weighted by Gasteiger charge is 2.25. The fourth-order valence-corrected chi connectivity index (χ4v) is 3.25. The second-order valence-electron chi connectivity index (χ2n) is 6.12.